The van der Waals surface area contributed by atoms with Gasteiger partial charge in [0, 0.05) is 13.1 Å². The summed E-state index contributed by atoms with van der Waals surface area (Å²) in [5.41, 5.74) is 0.649. The Morgan fingerprint density at radius 2 is 2.05 bits per heavy atom. The van der Waals surface area contributed by atoms with Gasteiger partial charge in [-0.3, -0.25) is 0 Å². The van der Waals surface area contributed by atoms with Crippen molar-refractivity contribution in [1.29, 1.82) is 0 Å². The van der Waals surface area contributed by atoms with Crippen molar-refractivity contribution in [2.75, 3.05) is 43.6 Å². The number of nitrogens with zero attached hydrogens (tertiary/aromatic N) is 3. The molecular weight excluding hydrogens is 287 g/mol. The zero-order valence-electron chi connectivity index (χ0n) is 12.3. The predicted octanol–water partition coefficient (Wildman–Crippen LogP) is 2.20. The van der Waals surface area contributed by atoms with E-state index in [1.807, 2.05) is 17.0 Å². The Balaban J connectivity index is 1.86. The summed E-state index contributed by atoms with van der Waals surface area (Å²) >= 11 is 0. The molecule has 1 aromatic carbocycles. The molecule has 1 aliphatic heterocycles. The van der Waals surface area contributed by atoms with Crippen LogP contribution in [0.5, 0.6) is 5.75 Å². The lowest BCUT2D eigenvalue weighted by Crippen LogP contribution is -2.37. The highest BCUT2D eigenvalue weighted by atomic mass is 19.1. The van der Waals surface area contributed by atoms with Crippen LogP contribution in [-0.4, -0.2) is 43.4 Å². The van der Waals surface area contributed by atoms with E-state index in [1.54, 1.807) is 19.2 Å². The second-order valence-corrected chi connectivity index (χ2v) is 4.79. The normalized spacial score (nSPS) is 14.7. The molecule has 0 amide bonds. The molecule has 1 aromatic heterocycles. The first kappa shape index (κ1) is 14.5. The maximum absolute atomic E-state index is 14.0. The molecule has 22 heavy (non-hydrogen) atoms. The molecule has 0 unspecified atom stereocenters. The van der Waals surface area contributed by atoms with Gasteiger partial charge in [0.15, 0.2) is 11.6 Å². The van der Waals surface area contributed by atoms with Crippen molar-refractivity contribution in [3.8, 4) is 5.75 Å². The SMILES string of the molecule is COc1ccccc1Nc1nc(N2CCOCC2)ncc1F. The summed E-state index contributed by atoms with van der Waals surface area (Å²) in [6.45, 7) is 2.63. The van der Waals surface area contributed by atoms with Crippen LogP contribution < -0.4 is 15.0 Å². The number of rotatable bonds is 4. The van der Waals surface area contributed by atoms with Crippen LogP contribution in [0.1, 0.15) is 0 Å². The lowest BCUT2D eigenvalue weighted by molar-refractivity contribution is 0.122. The van der Waals surface area contributed by atoms with Gasteiger partial charge in [0.25, 0.3) is 0 Å². The molecule has 0 spiro atoms. The number of benzene rings is 1. The predicted molar refractivity (Wildman–Crippen MR) is 81.3 cm³/mol. The highest BCUT2D eigenvalue weighted by molar-refractivity contribution is 5.64. The van der Waals surface area contributed by atoms with Crippen LogP contribution in [0.2, 0.25) is 0 Å². The smallest absolute Gasteiger partial charge is 0.227 e. The topological polar surface area (TPSA) is 59.5 Å². The third-order valence-corrected chi connectivity index (χ3v) is 3.39. The molecule has 6 nitrogen and oxygen atoms in total. The van der Waals surface area contributed by atoms with E-state index in [0.717, 1.165) is 0 Å². The molecule has 0 saturated carbocycles. The van der Waals surface area contributed by atoms with E-state index in [9.17, 15) is 4.39 Å². The van der Waals surface area contributed by atoms with Crippen molar-refractivity contribution in [2.45, 2.75) is 0 Å². The first-order valence-corrected chi connectivity index (χ1v) is 7.03. The number of methoxy groups -OCH3 is 1. The number of ether oxygens (including phenoxy) is 2. The average Bonchev–Trinajstić information content (AvgIpc) is 2.58. The van der Waals surface area contributed by atoms with E-state index in [0.29, 0.717) is 43.7 Å². The Bertz CT molecular complexity index is 647. The lowest BCUT2D eigenvalue weighted by atomic mass is 10.3. The van der Waals surface area contributed by atoms with Crippen LogP contribution >= 0.6 is 0 Å². The standard InChI is InChI=1S/C15H17FN4O2/c1-21-13-5-3-2-4-12(13)18-14-11(16)10-17-15(19-14)20-6-8-22-9-7-20/h2-5,10H,6-9H2,1H3,(H,17,18,19). The third kappa shape index (κ3) is 3.09. The molecule has 7 heteroatoms. The van der Waals surface area contributed by atoms with Gasteiger partial charge in [-0.25, -0.2) is 9.37 Å². The Morgan fingerprint density at radius 3 is 2.82 bits per heavy atom. The molecule has 2 aromatic rings. The number of morpholine rings is 1. The number of halogens is 1. The van der Waals surface area contributed by atoms with Crippen molar-refractivity contribution in [1.82, 2.24) is 9.97 Å². The summed E-state index contributed by atoms with van der Waals surface area (Å²) in [5, 5.41) is 2.96. The number of hydrogen-bond donors (Lipinski definition) is 1. The molecule has 1 saturated heterocycles. The Hall–Kier alpha value is -2.41. The maximum atomic E-state index is 14.0. The summed E-state index contributed by atoms with van der Waals surface area (Å²) < 4.78 is 24.5. The van der Waals surface area contributed by atoms with Crippen molar-refractivity contribution in [3.05, 3.63) is 36.3 Å². The third-order valence-electron chi connectivity index (χ3n) is 3.39. The van der Waals surface area contributed by atoms with Gasteiger partial charge in [-0.15, -0.1) is 0 Å². The summed E-state index contributed by atoms with van der Waals surface area (Å²) in [7, 11) is 1.57. The zero-order chi connectivity index (χ0) is 15.4. The zero-order valence-corrected chi connectivity index (χ0v) is 12.3. The van der Waals surface area contributed by atoms with E-state index < -0.39 is 5.82 Å². The first-order valence-electron chi connectivity index (χ1n) is 7.03. The van der Waals surface area contributed by atoms with E-state index in [4.69, 9.17) is 9.47 Å². The minimum Gasteiger partial charge on any atom is -0.495 e. The molecular formula is C15H17FN4O2. The summed E-state index contributed by atoms with van der Waals surface area (Å²) in [4.78, 5) is 10.3. The molecule has 0 radical (unpaired) electrons. The number of nitrogens with one attached hydrogen (secondary N) is 1. The average molecular weight is 304 g/mol. The summed E-state index contributed by atoms with van der Waals surface area (Å²) in [6.07, 6.45) is 1.18. The Kier molecular flexibility index (Phi) is 4.34. The van der Waals surface area contributed by atoms with Gasteiger partial charge in [-0.05, 0) is 12.1 Å². The quantitative estimate of drug-likeness (QED) is 0.934. The van der Waals surface area contributed by atoms with E-state index in [1.165, 1.54) is 6.20 Å². The van der Waals surface area contributed by atoms with Crippen LogP contribution in [0.4, 0.5) is 21.8 Å². The van der Waals surface area contributed by atoms with Gasteiger partial charge < -0.3 is 19.7 Å². The molecule has 0 atom stereocenters. The van der Waals surface area contributed by atoms with Crippen LogP contribution in [-0.2, 0) is 4.74 Å². The molecule has 1 aliphatic rings. The summed E-state index contributed by atoms with van der Waals surface area (Å²) in [5.74, 6) is 0.722. The highest BCUT2D eigenvalue weighted by Gasteiger charge is 2.16. The molecule has 3 rings (SSSR count). The van der Waals surface area contributed by atoms with Gasteiger partial charge in [-0.2, -0.15) is 4.98 Å². The van der Waals surface area contributed by atoms with Gasteiger partial charge in [-0.1, -0.05) is 12.1 Å². The minimum absolute atomic E-state index is 0.126. The van der Waals surface area contributed by atoms with E-state index in [2.05, 4.69) is 15.3 Å². The van der Waals surface area contributed by atoms with Crippen molar-refractivity contribution < 1.29 is 13.9 Å². The fourth-order valence-electron chi connectivity index (χ4n) is 2.24. The van der Waals surface area contributed by atoms with Gasteiger partial charge in [0.2, 0.25) is 5.95 Å². The number of para-hydroxylation sites is 2. The molecule has 0 bridgehead atoms. The van der Waals surface area contributed by atoms with Crippen molar-refractivity contribution >= 4 is 17.5 Å². The molecule has 116 valence electrons. The largest absolute Gasteiger partial charge is 0.495 e. The van der Waals surface area contributed by atoms with Gasteiger partial charge in [0.1, 0.15) is 5.75 Å². The molecule has 0 aliphatic carbocycles. The van der Waals surface area contributed by atoms with Crippen LogP contribution in [0.15, 0.2) is 30.5 Å². The second kappa shape index (κ2) is 6.57. The summed E-state index contributed by atoms with van der Waals surface area (Å²) in [6, 6.07) is 7.28. The van der Waals surface area contributed by atoms with E-state index in [-0.39, 0.29) is 5.82 Å². The van der Waals surface area contributed by atoms with Gasteiger partial charge >= 0.3 is 0 Å². The second-order valence-electron chi connectivity index (χ2n) is 4.79. The Morgan fingerprint density at radius 1 is 1.27 bits per heavy atom. The van der Waals surface area contributed by atoms with E-state index >= 15 is 0 Å². The Labute approximate surface area is 127 Å². The van der Waals surface area contributed by atoms with Crippen LogP contribution in [0, 0.1) is 5.82 Å². The lowest BCUT2D eigenvalue weighted by Gasteiger charge is -2.27. The maximum Gasteiger partial charge on any atom is 0.227 e. The highest BCUT2D eigenvalue weighted by Crippen LogP contribution is 2.27. The first-order chi connectivity index (χ1) is 10.8. The number of hydrogen-bond acceptors (Lipinski definition) is 6. The number of aromatic nitrogens is 2. The van der Waals surface area contributed by atoms with Crippen LogP contribution in [0.25, 0.3) is 0 Å². The van der Waals surface area contributed by atoms with Crippen molar-refractivity contribution in [2.24, 2.45) is 0 Å². The monoisotopic (exact) mass is 304 g/mol. The molecule has 1 fully saturated rings. The molecule has 1 N–H and O–H groups in total. The number of anilines is 3. The minimum atomic E-state index is -0.511. The fraction of sp³-hybridized carbons (Fsp3) is 0.333. The van der Waals surface area contributed by atoms with Gasteiger partial charge in [0.05, 0.1) is 32.2 Å². The fourth-order valence-corrected chi connectivity index (χ4v) is 2.24. The molecule has 2 heterocycles. The van der Waals surface area contributed by atoms with Crippen LogP contribution in [0.3, 0.4) is 0 Å². The van der Waals surface area contributed by atoms with Crippen molar-refractivity contribution in [3.63, 3.8) is 0 Å².